The van der Waals surface area contributed by atoms with Gasteiger partial charge in [-0.1, -0.05) is 57.6 Å². The van der Waals surface area contributed by atoms with Crippen LogP contribution >= 0.6 is 0 Å². The van der Waals surface area contributed by atoms with Crippen molar-refractivity contribution in [2.75, 3.05) is 13.1 Å². The molecule has 1 aromatic carbocycles. The summed E-state index contributed by atoms with van der Waals surface area (Å²) in [6.07, 6.45) is 7.29. The fraction of sp³-hybridized carbons (Fsp3) is 0.593. The number of phenolic OH excluding ortho intramolecular Hbond substituents is 1. The Morgan fingerprint density at radius 2 is 1.52 bits per heavy atom. The molecule has 3 atom stereocenters. The first-order chi connectivity index (χ1) is 19.0. The third-order valence-electron chi connectivity index (χ3n) is 6.22. The maximum absolute atomic E-state index is 13.0. The largest absolute Gasteiger partial charge is 0.508 e. The van der Waals surface area contributed by atoms with Gasteiger partial charge in [0, 0.05) is 13.0 Å². The molecule has 224 valence electrons. The number of carbonyl (C=O) groups is 4. The molecule has 0 aliphatic heterocycles. The van der Waals surface area contributed by atoms with Crippen molar-refractivity contribution in [3.05, 3.63) is 29.8 Å². The quantitative estimate of drug-likeness (QED) is 0.0615. The fourth-order valence-electron chi connectivity index (χ4n) is 3.93. The smallest absolute Gasteiger partial charge is 0.326 e. The molecule has 0 aliphatic rings. The lowest BCUT2D eigenvalue weighted by atomic mass is 10.0. The van der Waals surface area contributed by atoms with E-state index in [-0.39, 0.29) is 31.1 Å². The maximum atomic E-state index is 13.0. The molecule has 1 aromatic rings. The van der Waals surface area contributed by atoms with E-state index in [1.165, 1.54) is 18.6 Å². The molecule has 13 heteroatoms. The van der Waals surface area contributed by atoms with Gasteiger partial charge < -0.3 is 43.4 Å². The Kier molecular flexibility index (Phi) is 16.4. The van der Waals surface area contributed by atoms with Gasteiger partial charge in [-0.25, -0.2) is 4.79 Å². The zero-order valence-electron chi connectivity index (χ0n) is 23.2. The summed E-state index contributed by atoms with van der Waals surface area (Å²) >= 11 is 0. The van der Waals surface area contributed by atoms with Gasteiger partial charge in [-0.3, -0.25) is 19.4 Å². The molecule has 0 aromatic heterocycles. The molecule has 11 N–H and O–H groups in total. The van der Waals surface area contributed by atoms with Crippen LogP contribution < -0.4 is 33.2 Å². The first kappa shape index (κ1) is 34.2. The van der Waals surface area contributed by atoms with E-state index in [0.717, 1.165) is 32.1 Å². The number of aliphatic imine (C=N–C) groups is 1. The number of hydrogen-bond acceptors (Lipinski definition) is 7. The Balaban J connectivity index is 2.72. The van der Waals surface area contributed by atoms with Gasteiger partial charge in [0.05, 0.1) is 12.6 Å². The van der Waals surface area contributed by atoms with E-state index in [1.54, 1.807) is 12.1 Å². The lowest BCUT2D eigenvalue weighted by molar-refractivity contribution is -0.142. The number of unbranched alkanes of at least 4 members (excludes halogenated alkanes) is 5. The lowest BCUT2D eigenvalue weighted by Crippen LogP contribution is -2.54. The molecule has 13 nitrogen and oxygen atoms in total. The van der Waals surface area contributed by atoms with E-state index in [4.69, 9.17) is 17.2 Å². The number of nitrogens with two attached hydrogens (primary N) is 3. The third-order valence-corrected chi connectivity index (χ3v) is 6.22. The van der Waals surface area contributed by atoms with E-state index < -0.39 is 48.4 Å². The Labute approximate surface area is 235 Å². The summed E-state index contributed by atoms with van der Waals surface area (Å²) in [5, 5.41) is 26.4. The van der Waals surface area contributed by atoms with Crippen LogP contribution in [0.1, 0.15) is 70.3 Å². The van der Waals surface area contributed by atoms with Crippen LogP contribution in [0.3, 0.4) is 0 Å². The molecule has 0 aliphatic carbocycles. The summed E-state index contributed by atoms with van der Waals surface area (Å²) in [5.74, 6) is -3.13. The van der Waals surface area contributed by atoms with Crippen LogP contribution in [0.4, 0.5) is 0 Å². The van der Waals surface area contributed by atoms with Crippen LogP contribution in [-0.4, -0.2) is 71.1 Å². The van der Waals surface area contributed by atoms with Gasteiger partial charge in [0.25, 0.3) is 0 Å². The SMILES string of the molecule is CCCCCCCCC(N)C(=O)N[C@@H](Cc1ccc(O)cc1)C(=O)NCC(=O)N[C@@H](CCCN=C(N)N)C(=O)O. The summed E-state index contributed by atoms with van der Waals surface area (Å²) in [7, 11) is 0. The fourth-order valence-corrected chi connectivity index (χ4v) is 3.93. The molecule has 0 fully saturated rings. The van der Waals surface area contributed by atoms with Crippen LogP contribution in [0, 0.1) is 0 Å². The van der Waals surface area contributed by atoms with Crippen molar-refractivity contribution in [3.63, 3.8) is 0 Å². The van der Waals surface area contributed by atoms with Crippen molar-refractivity contribution in [2.45, 2.75) is 89.3 Å². The predicted molar refractivity (Wildman–Crippen MR) is 152 cm³/mol. The predicted octanol–water partition coefficient (Wildman–Crippen LogP) is 0.237. The van der Waals surface area contributed by atoms with E-state index in [2.05, 4.69) is 27.9 Å². The van der Waals surface area contributed by atoms with Crippen LogP contribution in [0.5, 0.6) is 5.75 Å². The summed E-state index contributed by atoms with van der Waals surface area (Å²) in [6.45, 7) is 1.85. The van der Waals surface area contributed by atoms with Gasteiger partial charge >= 0.3 is 5.97 Å². The standard InChI is InChI=1S/C27H45N7O6/c1-2-3-4-5-6-7-9-20(28)24(37)34-22(16-18-11-13-19(35)14-12-18)25(38)32-17-23(36)33-21(26(39)40)10-8-15-31-27(29)30/h11-14,20-22,35H,2-10,15-17,28H2,1H3,(H,32,38)(H,33,36)(H,34,37)(H,39,40)(H4,29,30,31)/t20?,21-,22-/m0/s1. The number of phenols is 1. The number of rotatable bonds is 20. The van der Waals surface area contributed by atoms with E-state index in [0.29, 0.717) is 18.4 Å². The minimum atomic E-state index is -1.24. The molecule has 1 rings (SSSR count). The number of nitrogens with zero attached hydrogens (tertiary/aromatic N) is 1. The number of carbonyl (C=O) groups excluding carboxylic acids is 3. The van der Waals surface area contributed by atoms with Crippen molar-refractivity contribution >= 4 is 29.7 Å². The van der Waals surface area contributed by atoms with Crippen LogP contribution in [0.25, 0.3) is 0 Å². The van der Waals surface area contributed by atoms with Crippen molar-refractivity contribution in [3.8, 4) is 5.75 Å². The van der Waals surface area contributed by atoms with Crippen molar-refractivity contribution in [2.24, 2.45) is 22.2 Å². The highest BCUT2D eigenvalue weighted by molar-refractivity contribution is 5.92. The van der Waals surface area contributed by atoms with Crippen molar-refractivity contribution < 1.29 is 29.4 Å². The number of aliphatic carboxylic acids is 1. The summed E-state index contributed by atoms with van der Waals surface area (Å²) in [5.41, 5.74) is 17.2. The Hall–Kier alpha value is -3.87. The van der Waals surface area contributed by atoms with Gasteiger partial charge in [0.2, 0.25) is 17.7 Å². The van der Waals surface area contributed by atoms with Crippen molar-refractivity contribution in [1.82, 2.24) is 16.0 Å². The molecule has 40 heavy (non-hydrogen) atoms. The lowest BCUT2D eigenvalue weighted by Gasteiger charge is -2.21. The van der Waals surface area contributed by atoms with Crippen LogP contribution in [0.15, 0.2) is 29.3 Å². The van der Waals surface area contributed by atoms with Gasteiger partial charge in [0.1, 0.15) is 17.8 Å². The second-order valence-electron chi connectivity index (χ2n) is 9.72. The molecule has 1 unspecified atom stereocenters. The topological polar surface area (TPSA) is 235 Å². The van der Waals surface area contributed by atoms with E-state index in [1.807, 2.05) is 0 Å². The Morgan fingerprint density at radius 1 is 0.875 bits per heavy atom. The number of benzene rings is 1. The van der Waals surface area contributed by atoms with E-state index in [9.17, 15) is 29.4 Å². The minimum Gasteiger partial charge on any atom is -0.508 e. The summed E-state index contributed by atoms with van der Waals surface area (Å²) in [6, 6.07) is 3.13. The molecular formula is C27H45N7O6. The Bertz CT molecular complexity index is 967. The molecule has 0 radical (unpaired) electrons. The molecule has 0 bridgehead atoms. The number of hydrogen-bond donors (Lipinski definition) is 8. The number of amides is 3. The second kappa shape index (κ2) is 19.2. The first-order valence-corrected chi connectivity index (χ1v) is 13.7. The number of carboxylic acid groups (broad SMARTS) is 1. The highest BCUT2D eigenvalue weighted by atomic mass is 16.4. The highest BCUT2D eigenvalue weighted by Gasteiger charge is 2.25. The van der Waals surface area contributed by atoms with Gasteiger partial charge in [-0.2, -0.15) is 0 Å². The zero-order valence-corrected chi connectivity index (χ0v) is 23.2. The monoisotopic (exact) mass is 563 g/mol. The van der Waals surface area contributed by atoms with Gasteiger partial charge in [-0.15, -0.1) is 0 Å². The molecule has 0 saturated carbocycles. The molecular weight excluding hydrogens is 518 g/mol. The summed E-state index contributed by atoms with van der Waals surface area (Å²) < 4.78 is 0. The third kappa shape index (κ3) is 14.9. The molecule has 0 spiro atoms. The molecule has 3 amide bonds. The molecule has 0 saturated heterocycles. The average molecular weight is 564 g/mol. The zero-order chi connectivity index (χ0) is 29.9. The minimum absolute atomic E-state index is 0.0534. The van der Waals surface area contributed by atoms with Gasteiger partial charge in [-0.05, 0) is 37.0 Å². The van der Waals surface area contributed by atoms with Crippen molar-refractivity contribution in [1.29, 1.82) is 0 Å². The Morgan fingerprint density at radius 3 is 2.15 bits per heavy atom. The number of nitrogens with one attached hydrogen (secondary N) is 3. The number of aromatic hydroxyl groups is 1. The highest BCUT2D eigenvalue weighted by Crippen LogP contribution is 2.12. The first-order valence-electron chi connectivity index (χ1n) is 13.7. The molecule has 0 heterocycles. The maximum Gasteiger partial charge on any atom is 0.326 e. The summed E-state index contributed by atoms with van der Waals surface area (Å²) in [4.78, 5) is 53.4. The van der Waals surface area contributed by atoms with Crippen LogP contribution in [0.2, 0.25) is 0 Å². The number of guanidine groups is 1. The normalized spacial score (nSPS) is 12.9. The van der Waals surface area contributed by atoms with Crippen LogP contribution in [-0.2, 0) is 25.6 Å². The second-order valence-corrected chi connectivity index (χ2v) is 9.72. The van der Waals surface area contributed by atoms with Gasteiger partial charge in [0.15, 0.2) is 5.96 Å². The number of carboxylic acids is 1. The van der Waals surface area contributed by atoms with E-state index >= 15 is 0 Å². The average Bonchev–Trinajstić information content (AvgIpc) is 2.91.